The van der Waals surface area contributed by atoms with Crippen LogP contribution in [-0.2, 0) is 0 Å². The van der Waals surface area contributed by atoms with E-state index in [1.54, 1.807) is 0 Å². The third-order valence-corrected chi connectivity index (χ3v) is 4.36. The lowest BCUT2D eigenvalue weighted by molar-refractivity contribution is -0.101. The molecule has 2 aliphatic carbocycles. The Morgan fingerprint density at radius 3 is 2.06 bits per heavy atom. The van der Waals surface area contributed by atoms with Gasteiger partial charge in [0.1, 0.15) is 0 Å². The van der Waals surface area contributed by atoms with Gasteiger partial charge in [0.05, 0.1) is 0 Å². The molecule has 0 aromatic carbocycles. The number of alkyl halides is 4. The molecule has 1 atom stereocenters. The Labute approximate surface area is 99.8 Å². The summed E-state index contributed by atoms with van der Waals surface area (Å²) >= 11 is 0. The molecule has 0 amide bonds. The molecular formula is C13H20F4. The predicted molar refractivity (Wildman–Crippen MR) is 58.4 cm³/mol. The smallest absolute Gasteiger partial charge is 0.207 e. The van der Waals surface area contributed by atoms with Crippen molar-refractivity contribution in [1.82, 2.24) is 0 Å². The van der Waals surface area contributed by atoms with Gasteiger partial charge in [-0.1, -0.05) is 6.42 Å². The van der Waals surface area contributed by atoms with Gasteiger partial charge in [-0.05, 0) is 38.0 Å². The Bertz CT molecular complexity index is 252. The number of halogens is 4. The highest BCUT2D eigenvalue weighted by molar-refractivity contribution is 4.86. The van der Waals surface area contributed by atoms with Crippen LogP contribution in [0.3, 0.4) is 0 Å². The molecule has 0 aliphatic heterocycles. The van der Waals surface area contributed by atoms with E-state index in [0.29, 0.717) is 32.1 Å². The molecular weight excluding hydrogens is 232 g/mol. The van der Waals surface area contributed by atoms with Crippen LogP contribution in [0.15, 0.2) is 0 Å². The second kappa shape index (κ2) is 4.77. The van der Waals surface area contributed by atoms with Crippen molar-refractivity contribution < 1.29 is 17.6 Å². The maximum absolute atomic E-state index is 13.6. The molecule has 2 saturated carbocycles. The first kappa shape index (κ1) is 13.2. The molecule has 0 aromatic rings. The lowest BCUT2D eigenvalue weighted by Crippen LogP contribution is -2.34. The van der Waals surface area contributed by atoms with Gasteiger partial charge < -0.3 is 0 Å². The molecule has 2 rings (SSSR count). The lowest BCUT2D eigenvalue weighted by atomic mass is 9.75. The van der Waals surface area contributed by atoms with Crippen LogP contribution in [0.5, 0.6) is 0 Å². The molecule has 4 heteroatoms. The van der Waals surface area contributed by atoms with E-state index in [0.717, 1.165) is 6.42 Å². The summed E-state index contributed by atoms with van der Waals surface area (Å²) in [5, 5.41) is 0. The summed E-state index contributed by atoms with van der Waals surface area (Å²) in [6, 6.07) is 0. The van der Waals surface area contributed by atoms with E-state index in [9.17, 15) is 17.6 Å². The molecule has 2 fully saturated rings. The van der Waals surface area contributed by atoms with E-state index in [2.05, 4.69) is 0 Å². The van der Waals surface area contributed by atoms with Crippen molar-refractivity contribution in [2.45, 2.75) is 69.6 Å². The van der Waals surface area contributed by atoms with Gasteiger partial charge in [-0.2, -0.15) is 0 Å². The SMILES string of the molecule is FC1(F)CCC(CC2CCCCC2(F)F)CC1. The fourth-order valence-corrected chi connectivity index (χ4v) is 3.19. The molecule has 0 saturated heterocycles. The molecule has 0 bridgehead atoms. The zero-order valence-electron chi connectivity index (χ0n) is 10.0. The summed E-state index contributed by atoms with van der Waals surface area (Å²) in [5.41, 5.74) is 0. The summed E-state index contributed by atoms with van der Waals surface area (Å²) in [4.78, 5) is 0. The Kier molecular flexibility index (Phi) is 3.69. The summed E-state index contributed by atoms with van der Waals surface area (Å²) in [6.45, 7) is 0. The molecule has 0 nitrogen and oxygen atoms in total. The molecule has 0 aromatic heterocycles. The highest BCUT2D eigenvalue weighted by Crippen LogP contribution is 2.45. The van der Waals surface area contributed by atoms with Gasteiger partial charge in [0.15, 0.2) is 0 Å². The van der Waals surface area contributed by atoms with Crippen LogP contribution in [0.25, 0.3) is 0 Å². The van der Waals surface area contributed by atoms with Crippen LogP contribution >= 0.6 is 0 Å². The highest BCUT2D eigenvalue weighted by Gasteiger charge is 2.43. The van der Waals surface area contributed by atoms with Crippen molar-refractivity contribution in [2.24, 2.45) is 11.8 Å². The molecule has 17 heavy (non-hydrogen) atoms. The molecule has 1 unspecified atom stereocenters. The quantitative estimate of drug-likeness (QED) is 0.605. The largest absolute Gasteiger partial charge is 0.250 e. The normalized spacial score (nSPS) is 33.5. The second-order valence-corrected chi connectivity index (χ2v) is 5.74. The molecule has 100 valence electrons. The monoisotopic (exact) mass is 252 g/mol. The standard InChI is InChI=1S/C13H20F4/c14-12(15)7-4-10(5-8-12)9-11-3-1-2-6-13(11,16)17/h10-11H,1-9H2. The third-order valence-electron chi connectivity index (χ3n) is 4.36. The van der Waals surface area contributed by atoms with Gasteiger partial charge in [-0.25, -0.2) is 17.6 Å². The summed E-state index contributed by atoms with van der Waals surface area (Å²) in [5.74, 6) is -5.58. The van der Waals surface area contributed by atoms with Gasteiger partial charge >= 0.3 is 0 Å². The zero-order valence-corrected chi connectivity index (χ0v) is 10.0. The van der Waals surface area contributed by atoms with E-state index >= 15 is 0 Å². The average Bonchev–Trinajstić information content (AvgIpc) is 2.24. The molecule has 0 spiro atoms. The predicted octanol–water partition coefficient (Wildman–Crippen LogP) is 5.03. The first-order valence-electron chi connectivity index (χ1n) is 6.65. The Morgan fingerprint density at radius 2 is 1.47 bits per heavy atom. The fourth-order valence-electron chi connectivity index (χ4n) is 3.19. The molecule has 2 aliphatic rings. The van der Waals surface area contributed by atoms with Crippen molar-refractivity contribution >= 4 is 0 Å². The van der Waals surface area contributed by atoms with E-state index in [-0.39, 0.29) is 25.2 Å². The third kappa shape index (κ3) is 3.35. The molecule has 0 N–H and O–H groups in total. The van der Waals surface area contributed by atoms with Gasteiger partial charge in [0, 0.05) is 25.2 Å². The van der Waals surface area contributed by atoms with Crippen LogP contribution in [0.4, 0.5) is 17.6 Å². The first-order valence-corrected chi connectivity index (χ1v) is 6.65. The van der Waals surface area contributed by atoms with Crippen molar-refractivity contribution in [2.75, 3.05) is 0 Å². The number of hydrogen-bond acceptors (Lipinski definition) is 0. The second-order valence-electron chi connectivity index (χ2n) is 5.74. The van der Waals surface area contributed by atoms with Crippen molar-refractivity contribution in [1.29, 1.82) is 0 Å². The first-order chi connectivity index (χ1) is 7.89. The fraction of sp³-hybridized carbons (Fsp3) is 1.00. The van der Waals surface area contributed by atoms with E-state index < -0.39 is 17.8 Å². The number of hydrogen-bond donors (Lipinski definition) is 0. The lowest BCUT2D eigenvalue weighted by Gasteiger charge is -2.36. The van der Waals surface area contributed by atoms with Crippen molar-refractivity contribution in [3.8, 4) is 0 Å². The van der Waals surface area contributed by atoms with E-state index in [1.807, 2.05) is 0 Å². The van der Waals surface area contributed by atoms with Gasteiger partial charge in [-0.15, -0.1) is 0 Å². The maximum Gasteiger partial charge on any atom is 0.250 e. The van der Waals surface area contributed by atoms with Gasteiger partial charge in [0.25, 0.3) is 5.92 Å². The van der Waals surface area contributed by atoms with Crippen LogP contribution in [-0.4, -0.2) is 11.8 Å². The minimum Gasteiger partial charge on any atom is -0.207 e. The van der Waals surface area contributed by atoms with Crippen LogP contribution in [0.2, 0.25) is 0 Å². The van der Waals surface area contributed by atoms with E-state index in [1.165, 1.54) is 0 Å². The maximum atomic E-state index is 13.6. The minimum absolute atomic E-state index is 0.0133. The van der Waals surface area contributed by atoms with Crippen molar-refractivity contribution in [3.05, 3.63) is 0 Å². The molecule has 0 heterocycles. The van der Waals surface area contributed by atoms with Crippen LogP contribution in [0, 0.1) is 11.8 Å². The van der Waals surface area contributed by atoms with Crippen LogP contribution in [0.1, 0.15) is 57.8 Å². The minimum atomic E-state index is -2.56. The summed E-state index contributed by atoms with van der Waals surface area (Å²) in [7, 11) is 0. The summed E-state index contributed by atoms with van der Waals surface area (Å²) in [6.07, 6.45) is 3.07. The van der Waals surface area contributed by atoms with Crippen molar-refractivity contribution in [3.63, 3.8) is 0 Å². The molecule has 0 radical (unpaired) electrons. The van der Waals surface area contributed by atoms with Crippen LogP contribution < -0.4 is 0 Å². The average molecular weight is 252 g/mol. The van der Waals surface area contributed by atoms with E-state index in [4.69, 9.17) is 0 Å². The topological polar surface area (TPSA) is 0 Å². The summed E-state index contributed by atoms with van der Waals surface area (Å²) < 4.78 is 53.2. The Morgan fingerprint density at radius 1 is 0.824 bits per heavy atom. The Hall–Kier alpha value is -0.280. The van der Waals surface area contributed by atoms with Gasteiger partial charge in [-0.3, -0.25) is 0 Å². The zero-order chi connectivity index (χ0) is 12.5. The highest BCUT2D eigenvalue weighted by atomic mass is 19.3. The van der Waals surface area contributed by atoms with Gasteiger partial charge in [0.2, 0.25) is 5.92 Å². The number of rotatable bonds is 2. The Balaban J connectivity index is 1.85.